The molecule has 1 aromatic heterocycles. The third kappa shape index (κ3) is 4.05. The zero-order valence-corrected chi connectivity index (χ0v) is 21.0. The van der Waals surface area contributed by atoms with Crippen LogP contribution in [-0.4, -0.2) is 33.7 Å². The van der Waals surface area contributed by atoms with Gasteiger partial charge in [0, 0.05) is 22.3 Å². The number of hydrogen-bond acceptors (Lipinski definition) is 4. The van der Waals surface area contributed by atoms with E-state index in [9.17, 15) is 23.9 Å². The zero-order valence-electron chi connectivity index (χ0n) is 20.2. The Morgan fingerprint density at radius 2 is 1.67 bits per heavy atom. The van der Waals surface area contributed by atoms with Crippen LogP contribution < -0.4 is 0 Å². The molecule has 5 nitrogen and oxygen atoms in total. The van der Waals surface area contributed by atoms with E-state index in [-0.39, 0.29) is 17.6 Å². The van der Waals surface area contributed by atoms with Crippen molar-refractivity contribution in [1.29, 1.82) is 0 Å². The van der Waals surface area contributed by atoms with Crippen molar-refractivity contribution in [3.63, 3.8) is 0 Å². The van der Waals surface area contributed by atoms with Crippen LogP contribution in [0.3, 0.4) is 0 Å². The molecule has 5 rings (SSSR count). The first kappa shape index (κ1) is 24.4. The maximum atomic E-state index is 14.3. The number of hydrogen-bond donors (Lipinski definition) is 1. The number of halogens is 1. The molecule has 1 aliphatic carbocycles. The van der Waals surface area contributed by atoms with Crippen molar-refractivity contribution in [2.75, 3.05) is 0 Å². The molecule has 0 radical (unpaired) electrons. The Hall–Kier alpha value is -3.32. The van der Waals surface area contributed by atoms with E-state index < -0.39 is 35.7 Å². The summed E-state index contributed by atoms with van der Waals surface area (Å²) in [7, 11) is 0. The lowest BCUT2D eigenvalue weighted by molar-refractivity contribution is -0.153. The van der Waals surface area contributed by atoms with Crippen molar-refractivity contribution >= 4 is 29.0 Å². The van der Waals surface area contributed by atoms with Crippen molar-refractivity contribution < 1.29 is 23.9 Å². The molecule has 3 aromatic rings. The third-order valence-electron chi connectivity index (χ3n) is 7.76. The highest BCUT2D eigenvalue weighted by atomic mass is 32.1. The molecule has 36 heavy (non-hydrogen) atoms. The first-order chi connectivity index (χ1) is 17.3. The maximum Gasteiger partial charge on any atom is 0.327 e. The molecule has 1 N–H and O–H groups in total. The molecule has 7 heteroatoms. The number of amides is 1. The SMILES string of the molecule is Cc1ccccc1C(=O)C1C(c2sccc2C)C(C(=O)O)N(C(=O)C2CCC2)C1c1ccc(F)cc1. The van der Waals surface area contributed by atoms with Gasteiger partial charge in [0.05, 0.1) is 12.0 Å². The monoisotopic (exact) mass is 505 g/mol. The predicted molar refractivity (Wildman–Crippen MR) is 136 cm³/mol. The topological polar surface area (TPSA) is 74.7 Å². The van der Waals surface area contributed by atoms with Gasteiger partial charge in [-0.05, 0) is 67.0 Å². The van der Waals surface area contributed by atoms with E-state index in [0.717, 1.165) is 22.4 Å². The predicted octanol–water partition coefficient (Wildman–Crippen LogP) is 5.92. The summed E-state index contributed by atoms with van der Waals surface area (Å²) >= 11 is 1.42. The third-order valence-corrected chi connectivity index (χ3v) is 8.88. The van der Waals surface area contributed by atoms with E-state index >= 15 is 0 Å². The van der Waals surface area contributed by atoms with E-state index in [1.54, 1.807) is 24.3 Å². The molecule has 2 heterocycles. The number of likely N-dealkylation sites (tertiary alicyclic amines) is 1. The number of aryl methyl sites for hydroxylation is 2. The van der Waals surface area contributed by atoms with Crippen molar-refractivity contribution in [3.8, 4) is 0 Å². The van der Waals surface area contributed by atoms with Gasteiger partial charge in [0.2, 0.25) is 5.91 Å². The number of rotatable bonds is 6. The minimum Gasteiger partial charge on any atom is -0.480 e. The number of thiophene rings is 1. The van der Waals surface area contributed by atoms with Gasteiger partial charge in [0.25, 0.3) is 0 Å². The van der Waals surface area contributed by atoms with Crippen molar-refractivity contribution in [2.45, 2.75) is 51.1 Å². The van der Waals surface area contributed by atoms with Crippen LogP contribution in [0.15, 0.2) is 60.0 Å². The summed E-state index contributed by atoms with van der Waals surface area (Å²) < 4.78 is 13.9. The van der Waals surface area contributed by atoms with E-state index in [0.29, 0.717) is 24.0 Å². The standard InChI is InChI=1S/C29H28FNO4S/c1-16-6-3-4-9-21(16)26(32)22-23(27-17(2)14-15-36-27)25(29(34)35)31(28(33)19-7-5-8-19)24(22)18-10-12-20(30)13-11-18/h3-4,6,9-15,19,22-25H,5,7-8H2,1-2H3,(H,34,35). The number of carboxylic acids is 1. The lowest BCUT2D eigenvalue weighted by atomic mass is 9.77. The second kappa shape index (κ2) is 9.62. The summed E-state index contributed by atoms with van der Waals surface area (Å²) in [5, 5.41) is 12.4. The molecule has 1 saturated heterocycles. The largest absolute Gasteiger partial charge is 0.480 e. The normalized spacial score (nSPS) is 23.9. The molecule has 2 aliphatic rings. The van der Waals surface area contributed by atoms with Crippen LogP contribution in [0.1, 0.15) is 63.1 Å². The number of carbonyl (C=O) groups is 3. The van der Waals surface area contributed by atoms with Crippen molar-refractivity contribution in [3.05, 3.63) is 92.9 Å². The van der Waals surface area contributed by atoms with Crippen LogP contribution in [0.4, 0.5) is 4.39 Å². The minimum atomic E-state index is -1.21. The Kier molecular flexibility index (Phi) is 6.51. The molecule has 0 spiro atoms. The van der Waals surface area contributed by atoms with Gasteiger partial charge in [-0.2, -0.15) is 0 Å². The fourth-order valence-electron chi connectivity index (χ4n) is 5.72. The highest BCUT2D eigenvalue weighted by Crippen LogP contribution is 2.54. The molecule has 0 bridgehead atoms. The van der Waals surface area contributed by atoms with Gasteiger partial charge in [-0.3, -0.25) is 9.59 Å². The highest BCUT2D eigenvalue weighted by molar-refractivity contribution is 7.10. The summed E-state index contributed by atoms with van der Waals surface area (Å²) in [4.78, 5) is 43.3. The lowest BCUT2D eigenvalue weighted by Crippen LogP contribution is -2.47. The molecule has 1 saturated carbocycles. The first-order valence-corrected chi connectivity index (χ1v) is 13.1. The van der Waals surface area contributed by atoms with E-state index in [4.69, 9.17) is 0 Å². The number of benzene rings is 2. The van der Waals surface area contributed by atoms with Gasteiger partial charge in [-0.1, -0.05) is 42.8 Å². The Morgan fingerprint density at radius 1 is 0.972 bits per heavy atom. The second-order valence-corrected chi connectivity index (χ2v) is 10.8. The molecule has 1 amide bonds. The maximum absolute atomic E-state index is 14.3. The molecule has 2 aromatic carbocycles. The molecular weight excluding hydrogens is 477 g/mol. The van der Waals surface area contributed by atoms with Crippen LogP contribution >= 0.6 is 11.3 Å². The quantitative estimate of drug-likeness (QED) is 0.422. The second-order valence-electron chi connectivity index (χ2n) is 9.85. The van der Waals surface area contributed by atoms with Crippen LogP contribution in [0.5, 0.6) is 0 Å². The van der Waals surface area contributed by atoms with Gasteiger partial charge in [0.1, 0.15) is 11.9 Å². The van der Waals surface area contributed by atoms with E-state index in [1.165, 1.54) is 28.4 Å². The molecule has 186 valence electrons. The average molecular weight is 506 g/mol. The van der Waals surface area contributed by atoms with Crippen LogP contribution in [0.25, 0.3) is 0 Å². The highest BCUT2D eigenvalue weighted by Gasteiger charge is 2.59. The Balaban J connectivity index is 1.76. The number of aliphatic carboxylic acids is 1. The molecule has 4 atom stereocenters. The number of Topliss-reactive ketones (excluding diaryl/α,β-unsaturated/α-hetero) is 1. The zero-order chi connectivity index (χ0) is 25.6. The number of nitrogens with zero attached hydrogens (tertiary/aromatic N) is 1. The molecular formula is C29H28FNO4S. The fraction of sp³-hybridized carbons (Fsp3) is 0.345. The van der Waals surface area contributed by atoms with Crippen molar-refractivity contribution in [2.24, 2.45) is 11.8 Å². The van der Waals surface area contributed by atoms with E-state index in [1.807, 2.05) is 37.4 Å². The van der Waals surface area contributed by atoms with Gasteiger partial charge in [-0.25, -0.2) is 9.18 Å². The number of carbonyl (C=O) groups excluding carboxylic acids is 2. The lowest BCUT2D eigenvalue weighted by Gasteiger charge is -2.36. The summed E-state index contributed by atoms with van der Waals surface area (Å²) in [6.07, 6.45) is 2.33. The smallest absolute Gasteiger partial charge is 0.327 e. The fourth-order valence-corrected chi connectivity index (χ4v) is 6.83. The summed E-state index contributed by atoms with van der Waals surface area (Å²) in [6, 6.07) is 12.9. The number of carboxylic acid groups (broad SMARTS) is 1. The summed E-state index contributed by atoms with van der Waals surface area (Å²) in [5.41, 5.74) is 2.77. The summed E-state index contributed by atoms with van der Waals surface area (Å²) in [5.74, 6) is -3.82. The number of ketones is 1. The molecule has 4 unspecified atom stereocenters. The van der Waals surface area contributed by atoms with Gasteiger partial charge < -0.3 is 10.0 Å². The molecule has 2 fully saturated rings. The Morgan fingerprint density at radius 3 is 2.22 bits per heavy atom. The minimum absolute atomic E-state index is 0.199. The van der Waals surface area contributed by atoms with Crippen molar-refractivity contribution in [1.82, 2.24) is 4.90 Å². The van der Waals surface area contributed by atoms with Gasteiger partial charge >= 0.3 is 5.97 Å². The first-order valence-electron chi connectivity index (χ1n) is 12.2. The van der Waals surface area contributed by atoms with E-state index in [2.05, 4.69) is 0 Å². The Labute approximate surface area is 213 Å². The molecule has 1 aliphatic heterocycles. The average Bonchev–Trinajstić information content (AvgIpc) is 3.39. The summed E-state index contributed by atoms with van der Waals surface area (Å²) in [6.45, 7) is 3.76. The van der Waals surface area contributed by atoms with Crippen LogP contribution in [0, 0.1) is 31.5 Å². The Bertz CT molecular complexity index is 1310. The van der Waals surface area contributed by atoms with Crippen LogP contribution in [0.2, 0.25) is 0 Å². The van der Waals surface area contributed by atoms with Gasteiger partial charge in [-0.15, -0.1) is 11.3 Å². The van der Waals surface area contributed by atoms with Crippen LogP contribution in [-0.2, 0) is 9.59 Å². The van der Waals surface area contributed by atoms with Gasteiger partial charge in [0.15, 0.2) is 5.78 Å².